The first-order chi connectivity index (χ1) is 9.93. The lowest BCUT2D eigenvalue weighted by molar-refractivity contribution is -0.137. The van der Waals surface area contributed by atoms with Crippen LogP contribution in [-0.4, -0.2) is 33.1 Å². The summed E-state index contributed by atoms with van der Waals surface area (Å²) in [7, 11) is 0. The molecule has 10 heteroatoms. The van der Waals surface area contributed by atoms with Crippen molar-refractivity contribution in [3.05, 3.63) is 29.7 Å². The van der Waals surface area contributed by atoms with E-state index in [-0.39, 0.29) is 36.6 Å². The number of halogens is 4. The highest BCUT2D eigenvalue weighted by atomic mass is 127. The molecule has 2 N–H and O–H groups in total. The highest BCUT2D eigenvalue weighted by Crippen LogP contribution is 2.29. The second kappa shape index (κ2) is 6.26. The van der Waals surface area contributed by atoms with Gasteiger partial charge in [0.15, 0.2) is 17.4 Å². The number of rotatable bonds is 2. The summed E-state index contributed by atoms with van der Waals surface area (Å²) in [5.41, 5.74) is -0.365. The standard InChI is InChI=1S/C12H13F3N6.HI/c1-7-4-16-11(18-7)17-5-10-20-19-9-3-2-8(6-21(9)10)12(13,14)15;/h2-3,6-7H,4-5H2,1H3,(H2,16,17,18);1H. The molecule has 1 unspecified atom stereocenters. The molecule has 3 rings (SSSR count). The molecular formula is C12H14F3IN6. The van der Waals surface area contributed by atoms with Crippen molar-refractivity contribution in [3.8, 4) is 0 Å². The fraction of sp³-hybridized carbons (Fsp3) is 0.417. The Bertz CT molecular complexity index is 696. The SMILES string of the molecule is CC1CN=C(NCc2nnc3ccc(C(F)(F)F)cn23)N1.I. The van der Waals surface area contributed by atoms with E-state index in [1.165, 1.54) is 10.5 Å². The van der Waals surface area contributed by atoms with Crippen LogP contribution in [0.2, 0.25) is 0 Å². The maximum atomic E-state index is 12.7. The van der Waals surface area contributed by atoms with E-state index < -0.39 is 11.7 Å². The Kier molecular flexibility index (Phi) is 4.78. The quantitative estimate of drug-likeness (QED) is 0.720. The third-order valence-corrected chi connectivity index (χ3v) is 3.12. The first-order valence-corrected chi connectivity index (χ1v) is 6.39. The van der Waals surface area contributed by atoms with Gasteiger partial charge in [-0.1, -0.05) is 0 Å². The molecule has 6 nitrogen and oxygen atoms in total. The normalized spacial score (nSPS) is 17.8. The molecule has 1 atom stereocenters. The van der Waals surface area contributed by atoms with Crippen molar-refractivity contribution in [3.63, 3.8) is 0 Å². The minimum Gasteiger partial charge on any atom is -0.352 e. The van der Waals surface area contributed by atoms with Crippen molar-refractivity contribution >= 4 is 35.6 Å². The summed E-state index contributed by atoms with van der Waals surface area (Å²) < 4.78 is 39.5. The van der Waals surface area contributed by atoms with Gasteiger partial charge in [0.25, 0.3) is 0 Å². The minimum atomic E-state index is -4.39. The second-order valence-corrected chi connectivity index (χ2v) is 4.85. The molecule has 0 spiro atoms. The molecular weight excluding hydrogens is 412 g/mol. The maximum Gasteiger partial charge on any atom is 0.417 e. The summed E-state index contributed by atoms with van der Waals surface area (Å²) in [5.74, 6) is 1.01. The van der Waals surface area contributed by atoms with Gasteiger partial charge in [0.05, 0.1) is 18.7 Å². The summed E-state index contributed by atoms with van der Waals surface area (Å²) in [6.07, 6.45) is -3.39. The van der Waals surface area contributed by atoms with E-state index in [1.807, 2.05) is 6.92 Å². The molecule has 3 heterocycles. The second-order valence-electron chi connectivity index (χ2n) is 4.85. The third-order valence-electron chi connectivity index (χ3n) is 3.12. The lowest BCUT2D eigenvalue weighted by Crippen LogP contribution is -2.37. The Morgan fingerprint density at radius 2 is 2.14 bits per heavy atom. The fourth-order valence-corrected chi connectivity index (χ4v) is 2.05. The lowest BCUT2D eigenvalue weighted by atomic mass is 10.3. The molecule has 120 valence electrons. The van der Waals surface area contributed by atoms with Crippen LogP contribution < -0.4 is 10.6 Å². The number of aromatic nitrogens is 3. The summed E-state index contributed by atoms with van der Waals surface area (Å²) in [6, 6.07) is 2.54. The van der Waals surface area contributed by atoms with Gasteiger partial charge < -0.3 is 10.6 Å². The number of aliphatic imine (C=N–C) groups is 1. The smallest absolute Gasteiger partial charge is 0.352 e. The van der Waals surface area contributed by atoms with Crippen molar-refractivity contribution < 1.29 is 13.2 Å². The summed E-state index contributed by atoms with van der Waals surface area (Å²) in [4.78, 5) is 4.21. The number of hydrogen-bond acceptors (Lipinski definition) is 5. The summed E-state index contributed by atoms with van der Waals surface area (Å²) in [6.45, 7) is 2.89. The molecule has 0 radical (unpaired) electrons. The zero-order valence-corrected chi connectivity index (χ0v) is 13.9. The van der Waals surface area contributed by atoms with Crippen LogP contribution in [-0.2, 0) is 12.7 Å². The third kappa shape index (κ3) is 3.42. The van der Waals surface area contributed by atoms with Crippen LogP contribution in [0.3, 0.4) is 0 Å². The van der Waals surface area contributed by atoms with E-state index in [1.54, 1.807) is 0 Å². The van der Waals surface area contributed by atoms with Crippen LogP contribution >= 0.6 is 24.0 Å². The molecule has 0 saturated carbocycles. The van der Waals surface area contributed by atoms with Gasteiger partial charge in [0.2, 0.25) is 0 Å². The number of nitrogens with one attached hydrogen (secondary N) is 2. The van der Waals surface area contributed by atoms with Gasteiger partial charge in [0.1, 0.15) is 0 Å². The minimum absolute atomic E-state index is 0. The van der Waals surface area contributed by atoms with Gasteiger partial charge in [-0.15, -0.1) is 34.2 Å². The van der Waals surface area contributed by atoms with E-state index in [0.29, 0.717) is 24.0 Å². The van der Waals surface area contributed by atoms with Crippen molar-refractivity contribution in [2.75, 3.05) is 6.54 Å². The number of nitrogens with zero attached hydrogens (tertiary/aromatic N) is 4. The number of fused-ring (bicyclic) bond motifs is 1. The molecule has 1 aliphatic rings. The Hall–Kier alpha value is -1.59. The first-order valence-electron chi connectivity index (χ1n) is 6.39. The highest BCUT2D eigenvalue weighted by Gasteiger charge is 2.31. The zero-order valence-electron chi connectivity index (χ0n) is 11.6. The van der Waals surface area contributed by atoms with E-state index in [0.717, 1.165) is 12.3 Å². The molecule has 0 aliphatic carbocycles. The Morgan fingerprint density at radius 3 is 2.77 bits per heavy atom. The topological polar surface area (TPSA) is 66.6 Å². The average molecular weight is 426 g/mol. The van der Waals surface area contributed by atoms with Crippen LogP contribution in [0.25, 0.3) is 5.65 Å². The lowest BCUT2D eigenvalue weighted by Gasteiger charge is -2.09. The Labute approximate surface area is 141 Å². The van der Waals surface area contributed by atoms with Crippen LogP contribution in [0.5, 0.6) is 0 Å². The van der Waals surface area contributed by atoms with Crippen LogP contribution in [0.1, 0.15) is 18.3 Å². The van der Waals surface area contributed by atoms with Crippen LogP contribution in [0, 0.1) is 0 Å². The van der Waals surface area contributed by atoms with Crippen molar-refractivity contribution in [2.45, 2.75) is 25.7 Å². The van der Waals surface area contributed by atoms with E-state index in [9.17, 15) is 13.2 Å². The molecule has 0 bridgehead atoms. The molecule has 2 aromatic rings. The Balaban J connectivity index is 0.00000176. The number of hydrogen-bond donors (Lipinski definition) is 2. The molecule has 0 saturated heterocycles. The Morgan fingerprint density at radius 1 is 1.36 bits per heavy atom. The molecule has 0 fully saturated rings. The van der Waals surface area contributed by atoms with Gasteiger partial charge in [-0.2, -0.15) is 13.2 Å². The molecule has 0 aromatic carbocycles. The average Bonchev–Trinajstić information content (AvgIpc) is 3.01. The van der Waals surface area contributed by atoms with Crippen molar-refractivity contribution in [1.82, 2.24) is 25.2 Å². The van der Waals surface area contributed by atoms with E-state index in [2.05, 4.69) is 25.8 Å². The summed E-state index contributed by atoms with van der Waals surface area (Å²) in [5, 5.41) is 13.8. The van der Waals surface area contributed by atoms with Gasteiger partial charge in [-0.3, -0.25) is 9.39 Å². The van der Waals surface area contributed by atoms with Crippen LogP contribution in [0.4, 0.5) is 13.2 Å². The maximum absolute atomic E-state index is 12.7. The molecule has 0 amide bonds. The van der Waals surface area contributed by atoms with E-state index in [4.69, 9.17) is 0 Å². The molecule has 2 aromatic heterocycles. The van der Waals surface area contributed by atoms with Crippen molar-refractivity contribution in [1.29, 1.82) is 0 Å². The molecule has 1 aliphatic heterocycles. The number of alkyl halides is 3. The molecule has 22 heavy (non-hydrogen) atoms. The van der Waals surface area contributed by atoms with Gasteiger partial charge in [-0.05, 0) is 19.1 Å². The highest BCUT2D eigenvalue weighted by molar-refractivity contribution is 14.0. The fourth-order valence-electron chi connectivity index (χ4n) is 2.05. The van der Waals surface area contributed by atoms with Crippen LogP contribution in [0.15, 0.2) is 23.3 Å². The van der Waals surface area contributed by atoms with Gasteiger partial charge in [0, 0.05) is 12.2 Å². The predicted octanol–water partition coefficient (Wildman–Crippen LogP) is 1.80. The summed E-state index contributed by atoms with van der Waals surface area (Å²) >= 11 is 0. The first kappa shape index (κ1) is 16.8. The zero-order chi connectivity index (χ0) is 15.0. The number of guanidine groups is 1. The van der Waals surface area contributed by atoms with E-state index >= 15 is 0 Å². The monoisotopic (exact) mass is 426 g/mol. The van der Waals surface area contributed by atoms with Crippen molar-refractivity contribution in [2.24, 2.45) is 4.99 Å². The number of pyridine rings is 1. The predicted molar refractivity (Wildman–Crippen MR) is 85.1 cm³/mol. The van der Waals surface area contributed by atoms with Gasteiger partial charge in [-0.25, -0.2) is 0 Å². The largest absolute Gasteiger partial charge is 0.417 e. The van der Waals surface area contributed by atoms with Gasteiger partial charge >= 0.3 is 6.18 Å².